The van der Waals surface area contributed by atoms with Crippen LogP contribution in [0.2, 0.25) is 0 Å². The maximum atomic E-state index is 12.7. The molecule has 1 saturated carbocycles. The number of rotatable bonds is 3. The van der Waals surface area contributed by atoms with Crippen LogP contribution in [-0.2, 0) is 16.1 Å². The van der Waals surface area contributed by atoms with Crippen LogP contribution in [0.5, 0.6) is 0 Å². The van der Waals surface area contributed by atoms with Crippen LogP contribution in [0.3, 0.4) is 0 Å². The molecule has 0 radical (unpaired) electrons. The summed E-state index contributed by atoms with van der Waals surface area (Å²) in [5, 5.41) is 16.3. The first-order valence-corrected chi connectivity index (χ1v) is 8.97. The van der Waals surface area contributed by atoms with Crippen LogP contribution in [-0.4, -0.2) is 56.3 Å². The smallest absolute Gasteiger partial charge is 0.246 e. The SMILES string of the molecule is O=C(Cn1nnc(-c2ccsc2)n1)N1CCO[C@@H]2CCCC[C@@H]21. The van der Waals surface area contributed by atoms with Crippen molar-refractivity contribution in [1.82, 2.24) is 25.1 Å². The molecule has 2 aromatic heterocycles. The Bertz CT molecular complexity index is 669. The highest BCUT2D eigenvalue weighted by Gasteiger charge is 2.36. The first kappa shape index (κ1) is 14.8. The van der Waals surface area contributed by atoms with E-state index in [0.717, 1.165) is 24.8 Å². The number of thiophene rings is 1. The van der Waals surface area contributed by atoms with Gasteiger partial charge in [0.25, 0.3) is 0 Å². The third-order valence-electron chi connectivity index (χ3n) is 4.56. The first-order valence-electron chi connectivity index (χ1n) is 8.03. The largest absolute Gasteiger partial charge is 0.374 e. The molecule has 0 spiro atoms. The van der Waals surface area contributed by atoms with Gasteiger partial charge in [0, 0.05) is 17.5 Å². The summed E-state index contributed by atoms with van der Waals surface area (Å²) >= 11 is 1.59. The van der Waals surface area contributed by atoms with Crippen LogP contribution >= 0.6 is 11.3 Å². The standard InChI is InChI=1S/C15H19N5O2S/c21-14(19-6-7-22-13-4-2-1-3-12(13)19)9-20-17-15(16-18-20)11-5-8-23-10-11/h5,8,10,12-13H,1-4,6-7,9H2/t12-,13+/m0/s1. The Morgan fingerprint density at radius 3 is 3.17 bits per heavy atom. The minimum atomic E-state index is 0.0551. The average molecular weight is 333 g/mol. The van der Waals surface area contributed by atoms with E-state index in [9.17, 15) is 4.79 Å². The van der Waals surface area contributed by atoms with Crippen molar-refractivity contribution in [3.63, 3.8) is 0 Å². The summed E-state index contributed by atoms with van der Waals surface area (Å²) in [5.41, 5.74) is 0.937. The molecule has 2 fully saturated rings. The van der Waals surface area contributed by atoms with E-state index in [1.165, 1.54) is 11.2 Å². The summed E-state index contributed by atoms with van der Waals surface area (Å²) in [6, 6.07) is 2.16. The number of ether oxygens (including phenoxy) is 1. The van der Waals surface area contributed by atoms with Gasteiger partial charge in [0.1, 0.15) is 6.54 Å². The molecular formula is C15H19N5O2S. The van der Waals surface area contributed by atoms with E-state index in [-0.39, 0.29) is 24.6 Å². The van der Waals surface area contributed by atoms with Crippen molar-refractivity contribution >= 4 is 17.2 Å². The zero-order valence-electron chi connectivity index (χ0n) is 12.8. The Kier molecular flexibility index (Phi) is 4.09. The fourth-order valence-electron chi connectivity index (χ4n) is 3.44. The molecule has 1 aliphatic carbocycles. The molecule has 2 aliphatic rings. The van der Waals surface area contributed by atoms with Gasteiger partial charge in [0.15, 0.2) is 0 Å². The Labute approximate surface area is 138 Å². The van der Waals surface area contributed by atoms with Crippen molar-refractivity contribution < 1.29 is 9.53 Å². The maximum absolute atomic E-state index is 12.7. The summed E-state index contributed by atoms with van der Waals surface area (Å²) < 4.78 is 5.82. The van der Waals surface area contributed by atoms with Crippen LogP contribution in [0.25, 0.3) is 11.4 Å². The number of carbonyl (C=O) groups excluding carboxylic acids is 1. The molecule has 0 bridgehead atoms. The molecule has 8 heteroatoms. The highest BCUT2D eigenvalue weighted by Crippen LogP contribution is 2.28. The van der Waals surface area contributed by atoms with E-state index >= 15 is 0 Å². The zero-order valence-corrected chi connectivity index (χ0v) is 13.6. The summed E-state index contributed by atoms with van der Waals surface area (Å²) in [7, 11) is 0. The minimum Gasteiger partial charge on any atom is -0.374 e. The Morgan fingerprint density at radius 2 is 2.30 bits per heavy atom. The number of carbonyl (C=O) groups is 1. The Hall–Kier alpha value is -1.80. The van der Waals surface area contributed by atoms with E-state index in [4.69, 9.17) is 4.74 Å². The third kappa shape index (κ3) is 3.00. The van der Waals surface area contributed by atoms with Gasteiger partial charge in [-0.3, -0.25) is 4.79 Å². The van der Waals surface area contributed by atoms with Gasteiger partial charge in [-0.05, 0) is 29.5 Å². The number of aromatic nitrogens is 4. The van der Waals surface area contributed by atoms with Crippen molar-refractivity contribution in [2.24, 2.45) is 0 Å². The number of fused-ring (bicyclic) bond motifs is 1. The van der Waals surface area contributed by atoms with Gasteiger partial charge < -0.3 is 9.64 Å². The number of morpholine rings is 1. The van der Waals surface area contributed by atoms with E-state index in [1.807, 2.05) is 21.7 Å². The fraction of sp³-hybridized carbons (Fsp3) is 0.600. The molecule has 1 saturated heterocycles. The van der Waals surface area contributed by atoms with Crippen molar-refractivity contribution in [2.75, 3.05) is 13.2 Å². The lowest BCUT2D eigenvalue weighted by atomic mass is 9.90. The highest BCUT2D eigenvalue weighted by atomic mass is 32.1. The summed E-state index contributed by atoms with van der Waals surface area (Å²) in [4.78, 5) is 16.0. The van der Waals surface area contributed by atoms with Crippen LogP contribution in [0.15, 0.2) is 16.8 Å². The predicted molar refractivity (Wildman–Crippen MR) is 84.8 cm³/mol. The lowest BCUT2D eigenvalue weighted by Crippen LogP contribution is -2.55. The second-order valence-corrected chi connectivity index (χ2v) is 6.78. The van der Waals surface area contributed by atoms with Gasteiger partial charge in [-0.2, -0.15) is 16.1 Å². The number of amides is 1. The van der Waals surface area contributed by atoms with Crippen molar-refractivity contribution in [3.05, 3.63) is 16.8 Å². The summed E-state index contributed by atoms with van der Waals surface area (Å²) in [5.74, 6) is 0.621. The molecule has 1 aliphatic heterocycles. The maximum Gasteiger partial charge on any atom is 0.246 e. The normalized spacial score (nSPS) is 24.4. The molecule has 0 aromatic carbocycles. The summed E-state index contributed by atoms with van der Waals surface area (Å²) in [6.07, 6.45) is 4.64. The molecule has 7 nitrogen and oxygen atoms in total. The minimum absolute atomic E-state index is 0.0551. The van der Waals surface area contributed by atoms with Crippen LogP contribution in [0.4, 0.5) is 0 Å². The molecular weight excluding hydrogens is 314 g/mol. The van der Waals surface area contributed by atoms with Gasteiger partial charge in [-0.15, -0.1) is 10.2 Å². The van der Waals surface area contributed by atoms with E-state index in [2.05, 4.69) is 15.4 Å². The monoisotopic (exact) mass is 333 g/mol. The molecule has 0 unspecified atom stereocenters. The molecule has 122 valence electrons. The van der Waals surface area contributed by atoms with Gasteiger partial charge in [0.2, 0.25) is 11.7 Å². The molecule has 2 aromatic rings. The molecule has 23 heavy (non-hydrogen) atoms. The Morgan fingerprint density at radius 1 is 1.39 bits per heavy atom. The number of hydrogen-bond donors (Lipinski definition) is 0. The Balaban J connectivity index is 1.45. The number of nitrogens with zero attached hydrogens (tertiary/aromatic N) is 5. The molecule has 0 N–H and O–H groups in total. The fourth-order valence-corrected chi connectivity index (χ4v) is 4.07. The third-order valence-corrected chi connectivity index (χ3v) is 5.24. The van der Waals surface area contributed by atoms with E-state index < -0.39 is 0 Å². The summed E-state index contributed by atoms with van der Waals surface area (Å²) in [6.45, 7) is 1.42. The lowest BCUT2D eigenvalue weighted by Gasteiger charge is -2.43. The average Bonchev–Trinajstić information content (AvgIpc) is 3.25. The topological polar surface area (TPSA) is 73.1 Å². The van der Waals surface area contributed by atoms with Crippen LogP contribution in [0, 0.1) is 0 Å². The molecule has 2 atom stereocenters. The van der Waals surface area contributed by atoms with Gasteiger partial charge in [-0.25, -0.2) is 0 Å². The van der Waals surface area contributed by atoms with E-state index in [0.29, 0.717) is 19.0 Å². The lowest BCUT2D eigenvalue weighted by molar-refractivity contribution is -0.150. The first-order chi connectivity index (χ1) is 11.3. The van der Waals surface area contributed by atoms with Crippen LogP contribution in [0.1, 0.15) is 25.7 Å². The van der Waals surface area contributed by atoms with Crippen LogP contribution < -0.4 is 0 Å². The second kappa shape index (κ2) is 6.37. The van der Waals surface area contributed by atoms with Crippen molar-refractivity contribution in [2.45, 2.75) is 44.4 Å². The second-order valence-electron chi connectivity index (χ2n) is 6.00. The van der Waals surface area contributed by atoms with E-state index in [1.54, 1.807) is 11.3 Å². The number of tetrazole rings is 1. The van der Waals surface area contributed by atoms with Crippen molar-refractivity contribution in [1.29, 1.82) is 0 Å². The van der Waals surface area contributed by atoms with Gasteiger partial charge >= 0.3 is 0 Å². The molecule has 4 rings (SSSR count). The predicted octanol–water partition coefficient (Wildman–Crippen LogP) is 1.57. The highest BCUT2D eigenvalue weighted by molar-refractivity contribution is 7.08. The number of hydrogen-bond acceptors (Lipinski definition) is 6. The zero-order chi connectivity index (χ0) is 15.6. The molecule has 3 heterocycles. The molecule has 1 amide bonds. The quantitative estimate of drug-likeness (QED) is 0.852. The van der Waals surface area contributed by atoms with Crippen molar-refractivity contribution in [3.8, 4) is 11.4 Å². The van der Waals surface area contributed by atoms with Gasteiger partial charge in [-0.1, -0.05) is 12.8 Å². The van der Waals surface area contributed by atoms with Gasteiger partial charge in [0.05, 0.1) is 18.8 Å².